The first-order chi connectivity index (χ1) is 8.27. The zero-order valence-corrected chi connectivity index (χ0v) is 9.04. The van der Waals surface area contributed by atoms with E-state index in [-0.39, 0.29) is 0 Å². The standard InChI is InChI=1S/C14H11NO2/c16-14(17)13-9-5-1-3-7-11(9)15-12-8-4-2-6-10(12)13/h1-8,14,16-17H. The Labute approximate surface area is 98.0 Å². The molecular formula is C14H11NO2. The molecule has 0 aliphatic rings. The van der Waals surface area contributed by atoms with Gasteiger partial charge in [-0.3, -0.25) is 0 Å². The Bertz CT molecular complexity index is 638. The SMILES string of the molecule is OC(O)c1c2ccccc2nc2ccccc12. The number of hydrogen-bond acceptors (Lipinski definition) is 3. The van der Waals surface area contributed by atoms with Crippen LogP contribution < -0.4 is 0 Å². The van der Waals surface area contributed by atoms with Gasteiger partial charge in [0, 0.05) is 16.3 Å². The van der Waals surface area contributed by atoms with E-state index in [1.807, 2.05) is 48.5 Å². The topological polar surface area (TPSA) is 53.4 Å². The third-order valence-electron chi connectivity index (χ3n) is 2.89. The van der Waals surface area contributed by atoms with Crippen LogP contribution in [0.15, 0.2) is 48.5 Å². The summed E-state index contributed by atoms with van der Waals surface area (Å²) in [6.07, 6.45) is -1.49. The minimum absolute atomic E-state index is 0.520. The fourth-order valence-corrected chi connectivity index (χ4v) is 2.15. The predicted molar refractivity (Wildman–Crippen MR) is 66.4 cm³/mol. The van der Waals surface area contributed by atoms with Crippen molar-refractivity contribution in [2.24, 2.45) is 0 Å². The first-order valence-electron chi connectivity index (χ1n) is 5.41. The smallest absolute Gasteiger partial charge is 0.179 e. The van der Waals surface area contributed by atoms with Crippen LogP contribution >= 0.6 is 0 Å². The molecule has 0 saturated carbocycles. The zero-order valence-electron chi connectivity index (χ0n) is 9.04. The first kappa shape index (κ1) is 10.2. The van der Waals surface area contributed by atoms with Crippen LogP contribution in [0.3, 0.4) is 0 Å². The Kier molecular flexibility index (Phi) is 2.28. The minimum atomic E-state index is -1.49. The van der Waals surface area contributed by atoms with Crippen LogP contribution in [0, 0.1) is 0 Å². The van der Waals surface area contributed by atoms with E-state index in [9.17, 15) is 10.2 Å². The summed E-state index contributed by atoms with van der Waals surface area (Å²) in [5, 5.41) is 20.7. The number of rotatable bonds is 1. The number of pyridine rings is 1. The number of aliphatic hydroxyl groups is 2. The number of fused-ring (bicyclic) bond motifs is 2. The molecule has 0 saturated heterocycles. The normalized spacial score (nSPS) is 11.5. The lowest BCUT2D eigenvalue weighted by molar-refractivity contribution is -0.0401. The summed E-state index contributed by atoms with van der Waals surface area (Å²) in [6, 6.07) is 14.9. The molecule has 3 heteroatoms. The molecule has 3 nitrogen and oxygen atoms in total. The van der Waals surface area contributed by atoms with Crippen molar-refractivity contribution in [2.75, 3.05) is 0 Å². The molecule has 2 N–H and O–H groups in total. The molecule has 0 fully saturated rings. The first-order valence-corrected chi connectivity index (χ1v) is 5.41. The molecule has 0 spiro atoms. The van der Waals surface area contributed by atoms with E-state index in [1.54, 1.807) is 0 Å². The van der Waals surface area contributed by atoms with Crippen LogP contribution in [0.2, 0.25) is 0 Å². The lowest BCUT2D eigenvalue weighted by Gasteiger charge is -2.11. The Balaban J connectivity index is 2.56. The Hall–Kier alpha value is -1.97. The van der Waals surface area contributed by atoms with Crippen molar-refractivity contribution < 1.29 is 10.2 Å². The highest BCUT2D eigenvalue weighted by Crippen LogP contribution is 2.29. The molecule has 0 aliphatic heterocycles. The summed E-state index contributed by atoms with van der Waals surface area (Å²) < 4.78 is 0. The van der Waals surface area contributed by atoms with E-state index in [4.69, 9.17) is 0 Å². The molecule has 0 unspecified atom stereocenters. The second-order valence-corrected chi connectivity index (χ2v) is 3.93. The second-order valence-electron chi connectivity index (χ2n) is 3.93. The number of aromatic nitrogens is 1. The molecule has 0 radical (unpaired) electrons. The van der Waals surface area contributed by atoms with Crippen molar-refractivity contribution in [3.63, 3.8) is 0 Å². The van der Waals surface area contributed by atoms with Gasteiger partial charge in [-0.25, -0.2) is 4.98 Å². The summed E-state index contributed by atoms with van der Waals surface area (Å²) in [6.45, 7) is 0. The highest BCUT2D eigenvalue weighted by atomic mass is 16.5. The molecule has 1 heterocycles. The van der Waals surface area contributed by atoms with Gasteiger partial charge in [0.25, 0.3) is 0 Å². The molecule has 1 aromatic heterocycles. The fraction of sp³-hybridized carbons (Fsp3) is 0.0714. The van der Waals surface area contributed by atoms with Crippen LogP contribution in [0.5, 0.6) is 0 Å². The van der Waals surface area contributed by atoms with E-state index in [1.165, 1.54) is 0 Å². The molecular weight excluding hydrogens is 214 g/mol. The highest BCUT2D eigenvalue weighted by molar-refractivity contribution is 5.97. The minimum Gasteiger partial charge on any atom is -0.364 e. The lowest BCUT2D eigenvalue weighted by Crippen LogP contribution is -1.99. The van der Waals surface area contributed by atoms with Crippen LogP contribution in [-0.4, -0.2) is 15.2 Å². The van der Waals surface area contributed by atoms with Gasteiger partial charge in [0.15, 0.2) is 6.29 Å². The van der Waals surface area contributed by atoms with Crippen LogP contribution in [0.25, 0.3) is 21.8 Å². The van der Waals surface area contributed by atoms with Gasteiger partial charge in [-0.2, -0.15) is 0 Å². The molecule has 17 heavy (non-hydrogen) atoms. The van der Waals surface area contributed by atoms with Gasteiger partial charge in [0.2, 0.25) is 0 Å². The number of para-hydroxylation sites is 2. The molecule has 0 aliphatic carbocycles. The summed E-state index contributed by atoms with van der Waals surface area (Å²) in [4.78, 5) is 4.50. The van der Waals surface area contributed by atoms with Gasteiger partial charge in [-0.05, 0) is 12.1 Å². The van der Waals surface area contributed by atoms with E-state index in [2.05, 4.69) is 4.98 Å². The number of nitrogens with zero attached hydrogens (tertiary/aromatic N) is 1. The van der Waals surface area contributed by atoms with Gasteiger partial charge < -0.3 is 10.2 Å². The maximum atomic E-state index is 9.55. The average Bonchev–Trinajstić information content (AvgIpc) is 2.35. The molecule has 0 amide bonds. The molecule has 3 rings (SSSR count). The van der Waals surface area contributed by atoms with E-state index in [0.29, 0.717) is 5.56 Å². The largest absolute Gasteiger partial charge is 0.364 e. The third-order valence-corrected chi connectivity index (χ3v) is 2.89. The predicted octanol–water partition coefficient (Wildman–Crippen LogP) is 2.37. The van der Waals surface area contributed by atoms with Gasteiger partial charge in [0.1, 0.15) is 0 Å². The van der Waals surface area contributed by atoms with E-state index < -0.39 is 6.29 Å². The summed E-state index contributed by atoms with van der Waals surface area (Å²) >= 11 is 0. The van der Waals surface area contributed by atoms with Crippen LogP contribution in [0.4, 0.5) is 0 Å². The van der Waals surface area contributed by atoms with Crippen LogP contribution in [0.1, 0.15) is 11.9 Å². The lowest BCUT2D eigenvalue weighted by atomic mass is 10.0. The fourth-order valence-electron chi connectivity index (χ4n) is 2.15. The van der Waals surface area contributed by atoms with Crippen molar-refractivity contribution in [3.05, 3.63) is 54.1 Å². The van der Waals surface area contributed by atoms with Crippen molar-refractivity contribution in [2.45, 2.75) is 6.29 Å². The molecule has 84 valence electrons. The highest BCUT2D eigenvalue weighted by Gasteiger charge is 2.13. The quantitative estimate of drug-likeness (QED) is 0.494. The van der Waals surface area contributed by atoms with E-state index >= 15 is 0 Å². The van der Waals surface area contributed by atoms with E-state index in [0.717, 1.165) is 21.8 Å². The maximum Gasteiger partial charge on any atom is 0.179 e. The van der Waals surface area contributed by atoms with Crippen molar-refractivity contribution >= 4 is 21.8 Å². The molecule has 3 aromatic rings. The Morgan fingerprint density at radius 3 is 1.71 bits per heavy atom. The Morgan fingerprint density at radius 2 is 1.24 bits per heavy atom. The maximum absolute atomic E-state index is 9.55. The zero-order chi connectivity index (χ0) is 11.8. The van der Waals surface area contributed by atoms with Gasteiger partial charge in [-0.1, -0.05) is 36.4 Å². The Morgan fingerprint density at radius 1 is 0.765 bits per heavy atom. The van der Waals surface area contributed by atoms with Gasteiger partial charge in [0.05, 0.1) is 11.0 Å². The molecule has 0 atom stereocenters. The van der Waals surface area contributed by atoms with Crippen molar-refractivity contribution in [1.82, 2.24) is 4.98 Å². The van der Waals surface area contributed by atoms with Crippen molar-refractivity contribution in [1.29, 1.82) is 0 Å². The summed E-state index contributed by atoms with van der Waals surface area (Å²) in [7, 11) is 0. The third kappa shape index (κ3) is 1.56. The molecule has 2 aromatic carbocycles. The summed E-state index contributed by atoms with van der Waals surface area (Å²) in [5.41, 5.74) is 2.06. The van der Waals surface area contributed by atoms with Crippen molar-refractivity contribution in [3.8, 4) is 0 Å². The average molecular weight is 225 g/mol. The van der Waals surface area contributed by atoms with Crippen LogP contribution in [-0.2, 0) is 0 Å². The number of aliphatic hydroxyl groups excluding tert-OH is 1. The second kappa shape index (κ2) is 3.80. The summed E-state index contributed by atoms with van der Waals surface area (Å²) in [5.74, 6) is 0. The number of hydrogen-bond donors (Lipinski definition) is 2. The van der Waals surface area contributed by atoms with Gasteiger partial charge >= 0.3 is 0 Å². The van der Waals surface area contributed by atoms with Gasteiger partial charge in [-0.15, -0.1) is 0 Å². The monoisotopic (exact) mass is 225 g/mol. The number of benzene rings is 2. The molecule has 0 bridgehead atoms.